The Morgan fingerprint density at radius 3 is 1.52 bits per heavy atom. The van der Waals surface area contributed by atoms with Gasteiger partial charge in [0.25, 0.3) is 0 Å². The van der Waals surface area contributed by atoms with Crippen LogP contribution in [-0.4, -0.2) is 30.6 Å². The van der Waals surface area contributed by atoms with Gasteiger partial charge in [0.15, 0.2) is 11.6 Å². The molecule has 0 aromatic heterocycles. The SMILES string of the molecule is CN(C)C=C1C=c2cc(C(=O)c3ccccc3)c(=O)c(C(=O)c3ccccc3)cc2=C1. The van der Waals surface area contributed by atoms with Gasteiger partial charge in [-0.3, -0.25) is 14.4 Å². The summed E-state index contributed by atoms with van der Waals surface area (Å²) in [5.74, 6) is -0.797. The molecule has 1 aliphatic rings. The smallest absolute Gasteiger partial charge is 0.200 e. The van der Waals surface area contributed by atoms with Crippen LogP contribution in [0, 0.1) is 0 Å². The van der Waals surface area contributed by atoms with Crippen LogP contribution in [0.15, 0.2) is 89.4 Å². The van der Waals surface area contributed by atoms with Crippen molar-refractivity contribution in [2.75, 3.05) is 14.1 Å². The standard InChI is InChI=1S/C27H21NO3/c1-28(2)17-18-13-21-15-23(25(29)19-9-5-3-6-10-19)27(31)24(16-22(21)14-18)26(30)20-11-7-4-8-12-20/h3-17H,1-2H3. The summed E-state index contributed by atoms with van der Waals surface area (Å²) < 4.78 is 0. The molecule has 0 N–H and O–H groups in total. The molecule has 0 saturated heterocycles. The molecule has 152 valence electrons. The van der Waals surface area contributed by atoms with Crippen LogP contribution < -0.4 is 15.9 Å². The van der Waals surface area contributed by atoms with Gasteiger partial charge in [0.2, 0.25) is 5.43 Å². The molecule has 0 heterocycles. The first kappa shape index (κ1) is 20.2. The number of allylic oxidation sites excluding steroid dienone is 1. The number of carbonyl (C=O) groups excluding carboxylic acids is 2. The van der Waals surface area contributed by atoms with Crippen LogP contribution in [0.2, 0.25) is 0 Å². The van der Waals surface area contributed by atoms with Crippen molar-refractivity contribution in [3.63, 3.8) is 0 Å². The molecule has 0 amide bonds. The van der Waals surface area contributed by atoms with E-state index in [4.69, 9.17) is 0 Å². The number of ketones is 2. The lowest BCUT2D eigenvalue weighted by molar-refractivity contribution is 0.103. The molecule has 0 radical (unpaired) electrons. The molecule has 4 rings (SSSR count). The molecule has 1 aliphatic carbocycles. The van der Waals surface area contributed by atoms with Crippen molar-refractivity contribution in [1.82, 2.24) is 4.90 Å². The van der Waals surface area contributed by atoms with Crippen LogP contribution in [0.3, 0.4) is 0 Å². The maximum atomic E-state index is 13.4. The predicted octanol–water partition coefficient (Wildman–Crippen LogP) is 2.53. The third-order valence-corrected chi connectivity index (χ3v) is 5.04. The normalized spacial score (nSPS) is 11.7. The minimum absolute atomic E-state index is 0.0116. The summed E-state index contributed by atoms with van der Waals surface area (Å²) in [7, 11) is 3.84. The molecular formula is C27H21NO3. The zero-order valence-corrected chi connectivity index (χ0v) is 17.3. The molecule has 31 heavy (non-hydrogen) atoms. The van der Waals surface area contributed by atoms with Gasteiger partial charge in [-0.15, -0.1) is 0 Å². The van der Waals surface area contributed by atoms with Gasteiger partial charge in [0.1, 0.15) is 0 Å². The van der Waals surface area contributed by atoms with E-state index in [9.17, 15) is 14.4 Å². The fraction of sp³-hybridized carbons (Fsp3) is 0.0741. The summed E-state index contributed by atoms with van der Waals surface area (Å²) in [4.78, 5) is 41.8. The van der Waals surface area contributed by atoms with Crippen LogP contribution in [0.1, 0.15) is 31.8 Å². The lowest BCUT2D eigenvalue weighted by Gasteiger charge is -2.04. The summed E-state index contributed by atoms with van der Waals surface area (Å²) in [6.07, 6.45) is 5.76. The van der Waals surface area contributed by atoms with Gasteiger partial charge in [-0.05, 0) is 40.3 Å². The summed E-state index contributed by atoms with van der Waals surface area (Å²) in [6, 6.07) is 20.5. The van der Waals surface area contributed by atoms with Gasteiger partial charge in [0, 0.05) is 31.4 Å². The predicted molar refractivity (Wildman–Crippen MR) is 122 cm³/mol. The maximum Gasteiger partial charge on any atom is 0.200 e. The molecule has 0 saturated carbocycles. The molecule has 0 atom stereocenters. The monoisotopic (exact) mass is 407 g/mol. The van der Waals surface area contributed by atoms with Crippen LogP contribution in [0.4, 0.5) is 0 Å². The number of hydrogen-bond donors (Lipinski definition) is 0. The van der Waals surface area contributed by atoms with Crippen molar-refractivity contribution >= 4 is 23.7 Å². The topological polar surface area (TPSA) is 54.5 Å². The molecule has 4 nitrogen and oxygen atoms in total. The van der Waals surface area contributed by atoms with Crippen molar-refractivity contribution in [3.8, 4) is 0 Å². The van der Waals surface area contributed by atoms with E-state index in [1.807, 2.05) is 49.5 Å². The average Bonchev–Trinajstić information content (AvgIpc) is 3.09. The van der Waals surface area contributed by atoms with Gasteiger partial charge < -0.3 is 4.90 Å². The van der Waals surface area contributed by atoms with Crippen LogP contribution in [0.5, 0.6) is 0 Å². The molecule has 4 heteroatoms. The second-order valence-electron chi connectivity index (χ2n) is 7.63. The molecule has 3 aromatic carbocycles. The highest BCUT2D eigenvalue weighted by Gasteiger charge is 2.20. The minimum Gasteiger partial charge on any atom is -0.383 e. The van der Waals surface area contributed by atoms with Crippen molar-refractivity contribution in [2.45, 2.75) is 0 Å². The molecular weight excluding hydrogens is 386 g/mol. The average molecular weight is 407 g/mol. The first-order valence-corrected chi connectivity index (χ1v) is 9.93. The van der Waals surface area contributed by atoms with Crippen molar-refractivity contribution in [2.24, 2.45) is 0 Å². The second kappa shape index (κ2) is 8.36. The summed E-state index contributed by atoms with van der Waals surface area (Å²) in [5.41, 5.74) is 1.16. The molecule has 0 aliphatic heterocycles. The molecule has 0 spiro atoms. The lowest BCUT2D eigenvalue weighted by Crippen LogP contribution is -2.21. The highest BCUT2D eigenvalue weighted by Crippen LogP contribution is 2.10. The van der Waals surface area contributed by atoms with Gasteiger partial charge in [-0.25, -0.2) is 0 Å². The van der Waals surface area contributed by atoms with Gasteiger partial charge in [-0.1, -0.05) is 60.7 Å². The lowest BCUT2D eigenvalue weighted by atomic mass is 9.99. The van der Waals surface area contributed by atoms with Gasteiger partial charge in [0.05, 0.1) is 11.1 Å². The number of fused-ring (bicyclic) bond motifs is 1. The summed E-state index contributed by atoms with van der Waals surface area (Å²) in [6.45, 7) is 0. The maximum absolute atomic E-state index is 13.4. The van der Waals surface area contributed by atoms with E-state index < -0.39 is 17.0 Å². The first-order chi connectivity index (χ1) is 14.9. The van der Waals surface area contributed by atoms with Gasteiger partial charge in [-0.2, -0.15) is 0 Å². The van der Waals surface area contributed by atoms with Crippen molar-refractivity contribution in [1.29, 1.82) is 0 Å². The fourth-order valence-corrected chi connectivity index (χ4v) is 3.60. The van der Waals surface area contributed by atoms with E-state index in [2.05, 4.69) is 0 Å². The third kappa shape index (κ3) is 4.14. The first-order valence-electron chi connectivity index (χ1n) is 9.93. The fourth-order valence-electron chi connectivity index (χ4n) is 3.60. The Morgan fingerprint density at radius 2 is 1.13 bits per heavy atom. The van der Waals surface area contributed by atoms with Gasteiger partial charge >= 0.3 is 0 Å². The van der Waals surface area contributed by atoms with Crippen LogP contribution in [-0.2, 0) is 0 Å². The third-order valence-electron chi connectivity index (χ3n) is 5.04. The Hall–Kier alpha value is -4.05. The molecule has 3 aromatic rings. The van der Waals surface area contributed by atoms with E-state index in [1.54, 1.807) is 60.7 Å². The highest BCUT2D eigenvalue weighted by molar-refractivity contribution is 6.13. The number of hydrogen-bond acceptors (Lipinski definition) is 4. The Morgan fingerprint density at radius 1 is 0.710 bits per heavy atom. The molecule has 0 unspecified atom stereocenters. The summed E-state index contributed by atoms with van der Waals surface area (Å²) in [5, 5.41) is 1.47. The number of nitrogens with zero attached hydrogens (tertiary/aromatic N) is 1. The van der Waals surface area contributed by atoms with Crippen molar-refractivity contribution < 1.29 is 9.59 Å². The highest BCUT2D eigenvalue weighted by atomic mass is 16.1. The zero-order valence-electron chi connectivity index (χ0n) is 17.3. The van der Waals surface area contributed by atoms with Crippen LogP contribution in [0.25, 0.3) is 12.2 Å². The Bertz CT molecular complexity index is 1290. The van der Waals surface area contributed by atoms with E-state index in [0.29, 0.717) is 11.1 Å². The van der Waals surface area contributed by atoms with E-state index >= 15 is 0 Å². The van der Waals surface area contributed by atoms with E-state index in [-0.39, 0.29) is 11.1 Å². The van der Waals surface area contributed by atoms with Crippen molar-refractivity contribution in [3.05, 3.63) is 127 Å². The molecule has 0 bridgehead atoms. The van der Waals surface area contributed by atoms with Crippen LogP contribution >= 0.6 is 0 Å². The van der Waals surface area contributed by atoms with E-state index in [0.717, 1.165) is 16.0 Å². The Labute approximate surface area is 180 Å². The number of rotatable bonds is 5. The quantitative estimate of drug-likeness (QED) is 0.610. The molecule has 0 fully saturated rings. The second-order valence-corrected chi connectivity index (χ2v) is 7.63. The number of carbonyl (C=O) groups is 2. The Balaban J connectivity index is 2.00. The largest absolute Gasteiger partial charge is 0.383 e. The Kier molecular flexibility index (Phi) is 5.46. The van der Waals surface area contributed by atoms with E-state index in [1.165, 1.54) is 0 Å². The number of benzene rings is 2. The summed E-state index contributed by atoms with van der Waals surface area (Å²) >= 11 is 0. The minimum atomic E-state index is -0.558. The zero-order chi connectivity index (χ0) is 22.0.